The van der Waals surface area contributed by atoms with Crippen LogP contribution in [0.3, 0.4) is 0 Å². The number of hydrogen-bond acceptors (Lipinski definition) is 4. The summed E-state index contributed by atoms with van der Waals surface area (Å²) in [4.78, 5) is 13.0. The van der Waals surface area contributed by atoms with Crippen molar-refractivity contribution in [2.24, 2.45) is 10.4 Å². The summed E-state index contributed by atoms with van der Waals surface area (Å²) in [5.74, 6) is 3.65. The van der Waals surface area contributed by atoms with Crippen LogP contribution in [0.25, 0.3) is 27.6 Å². The summed E-state index contributed by atoms with van der Waals surface area (Å²) in [6.45, 7) is 26.0. The zero-order valence-corrected chi connectivity index (χ0v) is 36.0. The van der Waals surface area contributed by atoms with E-state index in [4.69, 9.17) is 14.7 Å². The second kappa shape index (κ2) is 14.7. The smallest absolute Gasteiger partial charge is 0.503 e. The number of benzene rings is 3. The Labute approximate surface area is 332 Å². The topological polar surface area (TPSA) is 42.6 Å². The molecule has 7 rings (SSSR count). The van der Waals surface area contributed by atoms with Crippen molar-refractivity contribution in [2.45, 2.75) is 137 Å². The average Bonchev–Trinajstić information content (AvgIpc) is 3.68. The third-order valence-corrected chi connectivity index (χ3v) is 11.3. The largest absolute Gasteiger partial charge is 2.00 e. The quantitative estimate of drug-likeness (QED) is 0.160. The first kappa shape index (κ1) is 39.3. The Kier molecular flexibility index (Phi) is 10.9. The SMILES string of the molecule is CC(C)c1cc(Oc2[c-]c3c(cc2)c2cc(C(C)(C)C)ccc2n3-c2cc(C(C)(C)C)ccn2)[c-]c(C2=N[C@H](C(C)(C)C)CN2C2CCCCC2)c1.[Pt+2]. The number of pyridine rings is 1. The molecule has 1 atom stereocenters. The minimum Gasteiger partial charge on any atom is -0.503 e. The van der Waals surface area contributed by atoms with Crippen LogP contribution in [0.15, 0.2) is 65.8 Å². The van der Waals surface area contributed by atoms with E-state index in [2.05, 4.69) is 152 Å². The van der Waals surface area contributed by atoms with Gasteiger partial charge in [0.05, 0.1) is 6.04 Å². The monoisotopic (exact) mass is 889 g/mol. The van der Waals surface area contributed by atoms with Gasteiger partial charge in [-0.25, -0.2) is 4.98 Å². The summed E-state index contributed by atoms with van der Waals surface area (Å²) < 4.78 is 9.03. The van der Waals surface area contributed by atoms with Gasteiger partial charge in [0.25, 0.3) is 0 Å². The molecular formula is C47H58N4OPt. The third kappa shape index (κ3) is 8.02. The number of fused-ring (bicyclic) bond motifs is 3. The Bertz CT molecular complexity index is 2130. The van der Waals surface area contributed by atoms with Gasteiger partial charge in [-0.15, -0.1) is 34.7 Å². The zero-order chi connectivity index (χ0) is 37.2. The maximum Gasteiger partial charge on any atom is 2.00 e. The van der Waals surface area contributed by atoms with E-state index in [9.17, 15) is 0 Å². The molecule has 1 aliphatic heterocycles. The van der Waals surface area contributed by atoms with Crippen molar-refractivity contribution < 1.29 is 25.8 Å². The fourth-order valence-electron chi connectivity index (χ4n) is 7.83. The first-order chi connectivity index (χ1) is 24.5. The van der Waals surface area contributed by atoms with Crippen LogP contribution in [-0.2, 0) is 31.9 Å². The van der Waals surface area contributed by atoms with Crippen molar-refractivity contribution in [3.05, 3.63) is 95.2 Å². The van der Waals surface area contributed by atoms with Crippen LogP contribution in [0.5, 0.6) is 11.5 Å². The van der Waals surface area contributed by atoms with Crippen LogP contribution in [0.4, 0.5) is 0 Å². The minimum absolute atomic E-state index is 0. The number of ether oxygens (including phenoxy) is 1. The summed E-state index contributed by atoms with van der Waals surface area (Å²) in [5, 5.41) is 2.33. The molecule has 2 aliphatic rings. The number of aromatic nitrogens is 2. The van der Waals surface area contributed by atoms with Gasteiger partial charge in [0.15, 0.2) is 0 Å². The molecule has 53 heavy (non-hydrogen) atoms. The molecule has 3 aromatic carbocycles. The van der Waals surface area contributed by atoms with Crippen molar-refractivity contribution in [1.29, 1.82) is 0 Å². The van der Waals surface area contributed by atoms with Gasteiger partial charge in [-0.1, -0.05) is 125 Å². The Balaban J connectivity index is 0.00000481. The predicted octanol–water partition coefficient (Wildman–Crippen LogP) is 12.1. The molecule has 5 nitrogen and oxygen atoms in total. The fraction of sp³-hybridized carbons (Fsp3) is 0.489. The van der Waals surface area contributed by atoms with E-state index in [-0.39, 0.29) is 43.4 Å². The van der Waals surface area contributed by atoms with E-state index in [1.807, 2.05) is 6.20 Å². The van der Waals surface area contributed by atoms with Crippen molar-refractivity contribution >= 4 is 27.6 Å². The van der Waals surface area contributed by atoms with Crippen molar-refractivity contribution in [3.63, 3.8) is 0 Å². The van der Waals surface area contributed by atoms with Gasteiger partial charge in [-0.3, -0.25) is 0 Å². The Hall–Kier alpha value is -3.43. The van der Waals surface area contributed by atoms with Crippen LogP contribution in [0.1, 0.15) is 136 Å². The van der Waals surface area contributed by atoms with Crippen molar-refractivity contribution in [1.82, 2.24) is 14.5 Å². The zero-order valence-electron chi connectivity index (χ0n) is 33.8. The molecule has 1 aliphatic carbocycles. The standard InChI is InChI=1S/C47H58N4O.Pt/c1-30(2)31-23-32(44-49-42(47(9,10)11)29-50(44)35-15-13-12-14-16-35)25-37(24-31)52-36-18-19-38-39-26-33(45(3,4)5)17-20-40(39)51(41(38)28-36)43-27-34(21-22-48-43)46(6,7)8;/h17-24,26-27,30,35,42H,12-16,29H2,1-11H3;/q-2;+2/t42-;/m0./s1. The maximum atomic E-state index is 6.78. The van der Waals surface area contributed by atoms with E-state index in [0.717, 1.165) is 40.2 Å². The van der Waals surface area contributed by atoms with Gasteiger partial charge in [0.1, 0.15) is 5.82 Å². The number of amidine groups is 1. The summed E-state index contributed by atoms with van der Waals surface area (Å²) in [5.41, 5.74) is 6.97. The number of hydrogen-bond donors (Lipinski definition) is 0. The second-order valence-electron chi connectivity index (χ2n) is 18.8. The molecule has 6 heteroatoms. The fourth-order valence-corrected chi connectivity index (χ4v) is 7.83. The van der Waals surface area contributed by atoms with Crippen LogP contribution >= 0.6 is 0 Å². The summed E-state index contributed by atoms with van der Waals surface area (Å²) >= 11 is 0. The summed E-state index contributed by atoms with van der Waals surface area (Å²) in [6, 6.07) is 28.1. The second-order valence-corrected chi connectivity index (χ2v) is 18.8. The average molecular weight is 890 g/mol. The molecule has 0 unspecified atom stereocenters. The van der Waals surface area contributed by atoms with Crippen molar-refractivity contribution in [3.8, 4) is 17.3 Å². The van der Waals surface area contributed by atoms with Crippen LogP contribution in [0, 0.1) is 17.5 Å². The normalized spacial score (nSPS) is 17.5. The Morgan fingerprint density at radius 3 is 2.11 bits per heavy atom. The van der Waals surface area contributed by atoms with Gasteiger partial charge >= 0.3 is 21.1 Å². The van der Waals surface area contributed by atoms with Gasteiger partial charge < -0.3 is 19.2 Å². The molecule has 3 heterocycles. The van der Waals surface area contributed by atoms with Crippen LogP contribution in [0.2, 0.25) is 0 Å². The van der Waals surface area contributed by atoms with Gasteiger partial charge in [-0.05, 0) is 69.7 Å². The van der Waals surface area contributed by atoms with Crippen LogP contribution < -0.4 is 4.74 Å². The van der Waals surface area contributed by atoms with Crippen molar-refractivity contribution in [2.75, 3.05) is 6.54 Å². The predicted molar refractivity (Wildman–Crippen MR) is 218 cm³/mol. The van der Waals surface area contributed by atoms with Gasteiger partial charge in [0.2, 0.25) is 0 Å². The maximum absolute atomic E-state index is 6.78. The molecule has 5 aromatic rings. The third-order valence-electron chi connectivity index (χ3n) is 11.3. The minimum atomic E-state index is -0.00804. The molecule has 1 fully saturated rings. The molecule has 0 saturated heterocycles. The molecule has 282 valence electrons. The number of rotatable bonds is 6. The van der Waals surface area contributed by atoms with E-state index >= 15 is 0 Å². The Morgan fingerprint density at radius 2 is 1.45 bits per heavy atom. The molecule has 0 spiro atoms. The van der Waals surface area contributed by atoms with E-state index in [1.165, 1.54) is 54.2 Å². The molecule has 0 N–H and O–H groups in total. The number of aliphatic imine (C=N–C) groups is 1. The van der Waals surface area contributed by atoms with Gasteiger partial charge in [-0.2, -0.15) is 6.07 Å². The molecular weight excluding hydrogens is 832 g/mol. The molecule has 0 radical (unpaired) electrons. The van der Waals surface area contributed by atoms with Crippen LogP contribution in [-0.4, -0.2) is 38.9 Å². The van der Waals surface area contributed by atoms with E-state index < -0.39 is 0 Å². The Morgan fingerprint density at radius 1 is 0.755 bits per heavy atom. The molecule has 0 amide bonds. The first-order valence-electron chi connectivity index (χ1n) is 19.6. The van der Waals surface area contributed by atoms with E-state index in [1.54, 1.807) is 0 Å². The summed E-state index contributed by atoms with van der Waals surface area (Å²) in [6.07, 6.45) is 8.32. The first-order valence-corrected chi connectivity index (χ1v) is 19.6. The van der Waals surface area contributed by atoms with Gasteiger partial charge in [0, 0.05) is 41.6 Å². The summed E-state index contributed by atoms with van der Waals surface area (Å²) in [7, 11) is 0. The molecule has 2 aromatic heterocycles. The van der Waals surface area contributed by atoms with E-state index in [0.29, 0.717) is 23.5 Å². The molecule has 1 saturated carbocycles. The molecule has 0 bridgehead atoms. The number of nitrogens with zero attached hydrogens (tertiary/aromatic N) is 4.